The van der Waals surface area contributed by atoms with Crippen LogP contribution in [0.1, 0.15) is 65.7 Å². The number of alkyl halides is 2. The molecule has 33 heavy (non-hydrogen) atoms. The fourth-order valence-electron chi connectivity index (χ4n) is 7.38. The topological polar surface area (TPSA) is 80.7 Å². The number of unbranched alkanes of at least 4 members (excludes halogenated alkanes) is 1. The van der Waals surface area contributed by atoms with E-state index in [2.05, 4.69) is 0 Å². The van der Waals surface area contributed by atoms with Crippen LogP contribution in [0.2, 0.25) is 0 Å². The van der Waals surface area contributed by atoms with Gasteiger partial charge in [0, 0.05) is 23.7 Å². The lowest BCUT2D eigenvalue weighted by atomic mass is 9.45. The number of halogens is 2. The smallest absolute Gasteiger partial charge is 0.306 e. The highest BCUT2D eigenvalue weighted by atomic mass is 19.1. The normalized spacial score (nSPS) is 43.9. The van der Waals surface area contributed by atoms with Crippen molar-refractivity contribution in [2.45, 2.75) is 83.7 Å². The van der Waals surface area contributed by atoms with E-state index in [0.29, 0.717) is 19.3 Å². The highest BCUT2D eigenvalue weighted by Gasteiger charge is 2.72. The number of aliphatic hydroxyl groups is 1. The number of aliphatic hydroxyl groups excluding tert-OH is 1. The van der Waals surface area contributed by atoms with Crippen LogP contribution in [0.5, 0.6) is 0 Å². The molecule has 4 aliphatic rings. The Hall–Kier alpha value is -1.89. The number of carbonyl (C=O) groups is 3. The third-order valence-corrected chi connectivity index (χ3v) is 9.12. The van der Waals surface area contributed by atoms with Crippen molar-refractivity contribution in [3.63, 3.8) is 0 Å². The standard InChI is InChI=1S/C26H34F2O5/c1-4-5-6-23(32)33-14-21(30)17-8-7-16-18-12-20(27)19-11-15(29)9-10-25(19,3)26(18,28)22(31)13-24(16,17)2/h9-11,16-18,20,22,31H,4-8,12-14H2,1-3H3/t16?,17-,18+,20+,22+,24+,25+,26+/m1/s1. The van der Waals surface area contributed by atoms with Crippen molar-refractivity contribution in [2.24, 2.45) is 28.6 Å². The van der Waals surface area contributed by atoms with Gasteiger partial charge in [-0.15, -0.1) is 0 Å². The number of ketones is 2. The molecule has 0 amide bonds. The maximum Gasteiger partial charge on any atom is 0.306 e. The van der Waals surface area contributed by atoms with Crippen molar-refractivity contribution in [3.8, 4) is 0 Å². The lowest BCUT2D eigenvalue weighted by Crippen LogP contribution is -2.68. The molecule has 1 unspecified atom stereocenters. The molecule has 1 N–H and O–H groups in total. The van der Waals surface area contributed by atoms with Gasteiger partial charge >= 0.3 is 5.97 Å². The van der Waals surface area contributed by atoms with Crippen LogP contribution >= 0.6 is 0 Å². The van der Waals surface area contributed by atoms with Gasteiger partial charge in [0.2, 0.25) is 0 Å². The lowest BCUT2D eigenvalue weighted by Gasteiger charge is -2.62. The number of hydrogen-bond acceptors (Lipinski definition) is 5. The van der Waals surface area contributed by atoms with Crippen LogP contribution in [0.25, 0.3) is 0 Å². The minimum atomic E-state index is -2.13. The molecule has 0 spiro atoms. The van der Waals surface area contributed by atoms with Gasteiger partial charge in [0.05, 0.1) is 6.10 Å². The molecule has 0 bridgehead atoms. The van der Waals surface area contributed by atoms with Gasteiger partial charge in [-0.2, -0.15) is 0 Å². The summed E-state index contributed by atoms with van der Waals surface area (Å²) in [5, 5.41) is 11.2. The summed E-state index contributed by atoms with van der Waals surface area (Å²) in [7, 11) is 0. The Bertz CT molecular complexity index is 912. The summed E-state index contributed by atoms with van der Waals surface area (Å²) in [6, 6.07) is 0. The molecule has 182 valence electrons. The number of rotatable bonds is 6. The molecular weight excluding hydrogens is 430 g/mol. The van der Waals surface area contributed by atoms with Crippen molar-refractivity contribution < 1.29 is 33.0 Å². The summed E-state index contributed by atoms with van der Waals surface area (Å²) >= 11 is 0. The van der Waals surface area contributed by atoms with Gasteiger partial charge in [0.25, 0.3) is 0 Å². The van der Waals surface area contributed by atoms with Crippen LogP contribution in [0.3, 0.4) is 0 Å². The number of allylic oxidation sites excluding steroid dienone is 4. The zero-order chi connectivity index (χ0) is 24.2. The minimum absolute atomic E-state index is 0.0620. The van der Waals surface area contributed by atoms with Gasteiger partial charge in [0.15, 0.2) is 17.2 Å². The Labute approximate surface area is 193 Å². The molecule has 7 heteroatoms. The molecular formula is C26H34F2O5. The lowest BCUT2D eigenvalue weighted by molar-refractivity contribution is -0.202. The first-order valence-electron chi connectivity index (χ1n) is 12.1. The first kappa shape index (κ1) is 24.2. The predicted molar refractivity (Wildman–Crippen MR) is 118 cm³/mol. The SMILES string of the molecule is CCCCC(=O)OCC(=O)[C@H]1CCC2[C@@H]3C[C@H](F)C4=CC(=O)C=C[C@]4(C)[C@@]3(F)[C@@H](O)C[C@@]21C. The van der Waals surface area contributed by atoms with Crippen molar-refractivity contribution in [1.82, 2.24) is 0 Å². The first-order valence-corrected chi connectivity index (χ1v) is 12.1. The van der Waals surface area contributed by atoms with E-state index in [9.17, 15) is 19.5 Å². The maximum absolute atomic E-state index is 17.0. The minimum Gasteiger partial charge on any atom is -0.458 e. The average Bonchev–Trinajstić information content (AvgIpc) is 3.10. The summed E-state index contributed by atoms with van der Waals surface area (Å²) in [4.78, 5) is 36.8. The third kappa shape index (κ3) is 3.53. The largest absolute Gasteiger partial charge is 0.458 e. The van der Waals surface area contributed by atoms with E-state index in [4.69, 9.17) is 4.74 Å². The zero-order valence-electron chi connectivity index (χ0n) is 19.6. The van der Waals surface area contributed by atoms with Crippen LogP contribution in [0, 0.1) is 28.6 Å². The summed E-state index contributed by atoms with van der Waals surface area (Å²) in [6.07, 6.45) is 3.75. The number of carbonyl (C=O) groups excluding carboxylic acids is 3. The monoisotopic (exact) mass is 464 g/mol. The molecule has 4 aliphatic carbocycles. The fourth-order valence-corrected chi connectivity index (χ4v) is 7.38. The summed E-state index contributed by atoms with van der Waals surface area (Å²) in [5.41, 5.74) is -4.16. The second kappa shape index (κ2) is 8.40. The van der Waals surface area contributed by atoms with Crippen LogP contribution in [0.4, 0.5) is 8.78 Å². The van der Waals surface area contributed by atoms with Crippen molar-refractivity contribution in [1.29, 1.82) is 0 Å². The average molecular weight is 465 g/mol. The number of esters is 1. The predicted octanol–water partition coefficient (Wildman–Crippen LogP) is 4.22. The van der Waals surface area contributed by atoms with Gasteiger partial charge in [-0.1, -0.05) is 26.3 Å². The highest BCUT2D eigenvalue weighted by Crippen LogP contribution is 2.69. The maximum atomic E-state index is 17.0. The van der Waals surface area contributed by atoms with E-state index in [1.807, 2.05) is 13.8 Å². The highest BCUT2D eigenvalue weighted by molar-refractivity contribution is 6.01. The second-order valence-electron chi connectivity index (χ2n) is 10.8. The molecule has 0 aromatic carbocycles. The van der Waals surface area contributed by atoms with E-state index < -0.39 is 46.6 Å². The van der Waals surface area contributed by atoms with E-state index in [0.717, 1.165) is 6.42 Å². The molecule has 3 fully saturated rings. The first-order chi connectivity index (χ1) is 15.5. The molecule has 0 aliphatic heterocycles. The second-order valence-corrected chi connectivity index (χ2v) is 10.8. The van der Waals surface area contributed by atoms with Gasteiger partial charge in [0.1, 0.15) is 12.8 Å². The molecule has 4 rings (SSSR count). The Balaban J connectivity index is 1.59. The van der Waals surface area contributed by atoms with Crippen molar-refractivity contribution >= 4 is 17.5 Å². The summed E-state index contributed by atoms with van der Waals surface area (Å²) < 4.78 is 37.5. The molecule has 0 saturated heterocycles. The van der Waals surface area contributed by atoms with Crippen LogP contribution < -0.4 is 0 Å². The van der Waals surface area contributed by atoms with Crippen molar-refractivity contribution in [3.05, 3.63) is 23.8 Å². The van der Waals surface area contributed by atoms with E-state index in [1.54, 1.807) is 6.92 Å². The van der Waals surface area contributed by atoms with E-state index in [-0.39, 0.29) is 48.9 Å². The molecule has 0 heterocycles. The Kier molecular flexibility index (Phi) is 6.17. The van der Waals surface area contributed by atoms with Crippen LogP contribution in [-0.2, 0) is 19.1 Å². The molecule has 8 atom stereocenters. The zero-order valence-corrected chi connectivity index (χ0v) is 19.6. The van der Waals surface area contributed by atoms with Crippen LogP contribution in [0.15, 0.2) is 23.8 Å². The third-order valence-electron chi connectivity index (χ3n) is 9.12. The Morgan fingerprint density at radius 3 is 2.67 bits per heavy atom. The number of Topliss-reactive ketones (excluding diaryl/α,β-unsaturated/α-hetero) is 1. The summed E-state index contributed by atoms with van der Waals surface area (Å²) in [5.74, 6) is -2.56. The van der Waals surface area contributed by atoms with Crippen LogP contribution in [-0.4, -0.2) is 47.2 Å². The number of fused-ring (bicyclic) bond motifs is 5. The molecule has 3 saturated carbocycles. The Morgan fingerprint density at radius 2 is 1.97 bits per heavy atom. The van der Waals surface area contributed by atoms with Gasteiger partial charge < -0.3 is 9.84 Å². The summed E-state index contributed by atoms with van der Waals surface area (Å²) in [6.45, 7) is 5.10. The van der Waals surface area contributed by atoms with E-state index >= 15 is 8.78 Å². The number of ether oxygens (including phenoxy) is 1. The number of hydrogen-bond donors (Lipinski definition) is 1. The quantitative estimate of drug-likeness (QED) is 0.595. The van der Waals surface area contributed by atoms with E-state index in [1.165, 1.54) is 18.2 Å². The molecule has 0 aromatic rings. The van der Waals surface area contributed by atoms with Crippen molar-refractivity contribution in [2.75, 3.05) is 6.61 Å². The Morgan fingerprint density at radius 1 is 1.24 bits per heavy atom. The van der Waals surface area contributed by atoms with Gasteiger partial charge in [-0.05, 0) is 68.1 Å². The fraction of sp³-hybridized carbons (Fsp3) is 0.731. The molecule has 0 radical (unpaired) electrons. The van der Waals surface area contributed by atoms with Gasteiger partial charge in [-0.3, -0.25) is 14.4 Å². The molecule has 0 aromatic heterocycles. The van der Waals surface area contributed by atoms with Gasteiger partial charge in [-0.25, -0.2) is 8.78 Å². The molecule has 5 nitrogen and oxygen atoms in total.